The molecule has 0 saturated carbocycles. The van der Waals surface area contributed by atoms with Gasteiger partial charge in [0, 0.05) is 19.1 Å². The molecule has 0 spiro atoms. The molecule has 1 saturated heterocycles. The van der Waals surface area contributed by atoms with Gasteiger partial charge >= 0.3 is 0 Å². The molecular weight excluding hydrogens is 362 g/mol. The second-order valence-electron chi connectivity index (χ2n) is 7.04. The summed E-state index contributed by atoms with van der Waals surface area (Å²) in [5, 5.41) is 5.32. The quantitative estimate of drug-likeness (QED) is 0.510. The highest BCUT2D eigenvalue weighted by atomic mass is 32.1. The van der Waals surface area contributed by atoms with E-state index < -0.39 is 0 Å². The molecule has 8 heteroatoms. The third-order valence-electron chi connectivity index (χ3n) is 5.05. The highest BCUT2D eigenvalue weighted by molar-refractivity contribution is 7.71. The Balaban J connectivity index is 1.91. The van der Waals surface area contributed by atoms with Crippen LogP contribution >= 0.6 is 12.2 Å². The van der Waals surface area contributed by atoms with Gasteiger partial charge in [0.25, 0.3) is 5.56 Å². The Bertz CT molecular complexity index is 1130. The maximum absolute atomic E-state index is 12.9. The number of hydrogen-bond acceptors (Lipinski definition) is 5. The third-order valence-corrected chi connectivity index (χ3v) is 5.44. The number of nitrogens with zero attached hydrogens (tertiary/aromatic N) is 5. The van der Waals surface area contributed by atoms with E-state index in [9.17, 15) is 4.79 Å². The lowest BCUT2D eigenvalue weighted by atomic mass is 10.2. The molecule has 2 atom stereocenters. The Morgan fingerprint density at radius 1 is 1.37 bits per heavy atom. The smallest absolute Gasteiger partial charge is 0.263 e. The SMILES string of the molecule is C=CCn1c(=O)c2ccccc2n2c(=S)n(CN3CC(C)OCC3C)nc12. The monoisotopic (exact) mass is 385 g/mol. The summed E-state index contributed by atoms with van der Waals surface area (Å²) in [6.07, 6.45) is 1.87. The Labute approximate surface area is 162 Å². The average Bonchev–Trinajstić information content (AvgIpc) is 2.98. The molecule has 1 aliphatic heterocycles. The van der Waals surface area contributed by atoms with Crippen LogP contribution in [-0.2, 0) is 18.0 Å². The standard InChI is InChI=1S/C19H23N5O2S/c1-4-9-22-17(25)15-7-5-6-8-16(15)24-18(22)20-23(19(24)27)12-21-10-14(3)26-11-13(21)2/h4-8,13-14H,1,9-12H2,2-3H3. The molecule has 0 bridgehead atoms. The fraction of sp³-hybridized carbons (Fsp3) is 0.421. The van der Waals surface area contributed by atoms with Crippen LogP contribution in [0.2, 0.25) is 0 Å². The molecule has 3 heterocycles. The summed E-state index contributed by atoms with van der Waals surface area (Å²) >= 11 is 5.74. The zero-order chi connectivity index (χ0) is 19.1. The van der Waals surface area contributed by atoms with Gasteiger partial charge in [0.05, 0.1) is 30.3 Å². The molecule has 0 N–H and O–H groups in total. The minimum Gasteiger partial charge on any atom is -0.376 e. The minimum absolute atomic E-state index is 0.0847. The van der Waals surface area contributed by atoms with Crippen LogP contribution in [0.25, 0.3) is 16.7 Å². The zero-order valence-electron chi connectivity index (χ0n) is 15.5. The van der Waals surface area contributed by atoms with Gasteiger partial charge in [0.1, 0.15) is 0 Å². The van der Waals surface area contributed by atoms with E-state index in [4.69, 9.17) is 22.1 Å². The van der Waals surface area contributed by atoms with E-state index in [1.807, 2.05) is 28.7 Å². The van der Waals surface area contributed by atoms with Crippen LogP contribution in [0.4, 0.5) is 0 Å². The van der Waals surface area contributed by atoms with E-state index >= 15 is 0 Å². The zero-order valence-corrected chi connectivity index (χ0v) is 16.4. The number of hydrogen-bond donors (Lipinski definition) is 0. The first-order chi connectivity index (χ1) is 13.0. The van der Waals surface area contributed by atoms with Gasteiger partial charge in [-0.1, -0.05) is 18.2 Å². The number of para-hydroxylation sites is 1. The van der Waals surface area contributed by atoms with Gasteiger partial charge in [-0.05, 0) is 38.2 Å². The van der Waals surface area contributed by atoms with Crippen molar-refractivity contribution in [2.75, 3.05) is 13.2 Å². The predicted octanol–water partition coefficient (Wildman–Crippen LogP) is 2.43. The lowest BCUT2D eigenvalue weighted by molar-refractivity contribution is -0.0624. The van der Waals surface area contributed by atoms with Crippen molar-refractivity contribution in [2.45, 2.75) is 39.2 Å². The number of aromatic nitrogens is 4. The van der Waals surface area contributed by atoms with Crippen molar-refractivity contribution >= 4 is 28.9 Å². The number of ether oxygens (including phenoxy) is 1. The average molecular weight is 385 g/mol. The Morgan fingerprint density at radius 3 is 2.93 bits per heavy atom. The summed E-state index contributed by atoms with van der Waals surface area (Å²) in [5.41, 5.74) is 0.691. The van der Waals surface area contributed by atoms with Crippen molar-refractivity contribution in [1.82, 2.24) is 23.6 Å². The molecular formula is C19H23N5O2S. The number of benzene rings is 1. The molecule has 27 heavy (non-hydrogen) atoms. The largest absolute Gasteiger partial charge is 0.376 e. The Kier molecular flexibility index (Phi) is 4.71. The van der Waals surface area contributed by atoms with E-state index in [2.05, 4.69) is 25.3 Å². The first-order valence-corrected chi connectivity index (χ1v) is 9.49. The topological polar surface area (TPSA) is 56.7 Å². The molecule has 2 aromatic heterocycles. The number of allylic oxidation sites excluding steroid dienone is 1. The van der Waals surface area contributed by atoms with Gasteiger partial charge in [0.15, 0.2) is 0 Å². The summed E-state index contributed by atoms with van der Waals surface area (Å²) in [6, 6.07) is 7.77. The van der Waals surface area contributed by atoms with E-state index in [0.29, 0.717) is 35.8 Å². The molecule has 1 aliphatic rings. The third kappa shape index (κ3) is 3.03. The molecule has 2 unspecified atom stereocenters. The Morgan fingerprint density at radius 2 is 2.15 bits per heavy atom. The summed E-state index contributed by atoms with van der Waals surface area (Å²) < 4.78 is 11.6. The minimum atomic E-state index is -0.0847. The van der Waals surface area contributed by atoms with Gasteiger partial charge in [0.2, 0.25) is 10.5 Å². The van der Waals surface area contributed by atoms with Crippen molar-refractivity contribution in [1.29, 1.82) is 0 Å². The van der Waals surface area contributed by atoms with Crippen LogP contribution in [0.3, 0.4) is 0 Å². The van der Waals surface area contributed by atoms with Crippen molar-refractivity contribution in [2.24, 2.45) is 0 Å². The highest BCUT2D eigenvalue weighted by Gasteiger charge is 2.25. The van der Waals surface area contributed by atoms with E-state index in [1.54, 1.807) is 15.3 Å². The molecule has 4 rings (SSSR count). The van der Waals surface area contributed by atoms with Crippen LogP contribution in [0.15, 0.2) is 41.7 Å². The lowest BCUT2D eigenvalue weighted by Crippen LogP contribution is -2.47. The van der Waals surface area contributed by atoms with Crippen molar-refractivity contribution in [3.05, 3.63) is 52.0 Å². The summed E-state index contributed by atoms with van der Waals surface area (Å²) in [7, 11) is 0. The number of rotatable bonds is 4. The van der Waals surface area contributed by atoms with Gasteiger partial charge in [-0.3, -0.25) is 18.7 Å². The molecule has 3 aromatic rings. The van der Waals surface area contributed by atoms with Crippen LogP contribution in [0.1, 0.15) is 13.8 Å². The van der Waals surface area contributed by atoms with Crippen LogP contribution in [0, 0.1) is 4.77 Å². The van der Waals surface area contributed by atoms with Crippen molar-refractivity contribution in [3.8, 4) is 0 Å². The molecule has 0 amide bonds. The molecule has 0 aliphatic carbocycles. The maximum Gasteiger partial charge on any atom is 0.263 e. The normalized spacial score (nSPS) is 21.1. The summed E-state index contributed by atoms with van der Waals surface area (Å²) in [6.45, 7) is 10.4. The van der Waals surface area contributed by atoms with Crippen LogP contribution in [-0.4, -0.2) is 48.9 Å². The summed E-state index contributed by atoms with van der Waals surface area (Å²) in [4.78, 5) is 15.2. The predicted molar refractivity (Wildman–Crippen MR) is 108 cm³/mol. The molecule has 7 nitrogen and oxygen atoms in total. The number of morpholine rings is 1. The van der Waals surface area contributed by atoms with Crippen molar-refractivity contribution in [3.63, 3.8) is 0 Å². The fourth-order valence-corrected chi connectivity index (χ4v) is 3.87. The van der Waals surface area contributed by atoms with Gasteiger partial charge in [-0.25, -0.2) is 4.68 Å². The first kappa shape index (κ1) is 18.1. The second kappa shape index (κ2) is 7.03. The number of fused-ring (bicyclic) bond motifs is 3. The highest BCUT2D eigenvalue weighted by Crippen LogP contribution is 2.16. The van der Waals surface area contributed by atoms with Gasteiger partial charge in [-0.15, -0.1) is 11.7 Å². The fourth-order valence-electron chi connectivity index (χ4n) is 3.59. The van der Waals surface area contributed by atoms with Crippen LogP contribution < -0.4 is 5.56 Å². The lowest BCUT2D eigenvalue weighted by Gasteiger charge is -2.36. The Hall–Kier alpha value is -2.29. The van der Waals surface area contributed by atoms with Gasteiger partial charge in [-0.2, -0.15) is 0 Å². The molecule has 142 valence electrons. The maximum atomic E-state index is 12.9. The van der Waals surface area contributed by atoms with Gasteiger partial charge < -0.3 is 4.74 Å². The van der Waals surface area contributed by atoms with Crippen molar-refractivity contribution < 1.29 is 4.74 Å². The second-order valence-corrected chi connectivity index (χ2v) is 7.41. The molecule has 1 aromatic carbocycles. The van der Waals surface area contributed by atoms with E-state index in [1.165, 1.54) is 0 Å². The molecule has 1 fully saturated rings. The van der Waals surface area contributed by atoms with E-state index in [-0.39, 0.29) is 17.7 Å². The van der Waals surface area contributed by atoms with Crippen LogP contribution in [0.5, 0.6) is 0 Å². The first-order valence-electron chi connectivity index (χ1n) is 9.09. The summed E-state index contributed by atoms with van der Waals surface area (Å²) in [5.74, 6) is 0.539. The van der Waals surface area contributed by atoms with E-state index in [0.717, 1.165) is 12.1 Å². The molecule has 0 radical (unpaired) electrons.